The number of halogens is 1. The lowest BCUT2D eigenvalue weighted by Crippen LogP contribution is -2.49. The minimum Gasteiger partial charge on any atom is -0.303 e. The number of hydrogen-bond acceptors (Lipinski definition) is 3. The highest BCUT2D eigenvalue weighted by Crippen LogP contribution is 2.36. The fourth-order valence-corrected chi connectivity index (χ4v) is 3.72. The van der Waals surface area contributed by atoms with Gasteiger partial charge in [-0.25, -0.2) is 8.42 Å². The second-order valence-corrected chi connectivity index (χ2v) is 5.93. The van der Waals surface area contributed by atoms with E-state index in [4.69, 9.17) is 11.6 Å². The number of aldehydes is 1. The van der Waals surface area contributed by atoms with Crippen LogP contribution in [-0.2, 0) is 14.6 Å². The Bertz CT molecular complexity index is 330. The largest absolute Gasteiger partial charge is 0.303 e. The number of allylic oxidation sites excluding steroid dienone is 1. The van der Waals surface area contributed by atoms with E-state index in [2.05, 4.69) is 0 Å². The summed E-state index contributed by atoms with van der Waals surface area (Å²) in [6.07, 6.45) is 1.18. The van der Waals surface area contributed by atoms with Crippen LogP contribution < -0.4 is 0 Å². The van der Waals surface area contributed by atoms with Gasteiger partial charge in [0.25, 0.3) is 0 Å². The molecule has 0 N–H and O–H groups in total. The molecule has 5 heteroatoms. The zero-order valence-corrected chi connectivity index (χ0v) is 8.86. The van der Waals surface area contributed by atoms with Crippen molar-refractivity contribution in [1.82, 2.24) is 0 Å². The summed E-state index contributed by atoms with van der Waals surface area (Å²) in [5, 5.41) is 0. The van der Waals surface area contributed by atoms with Gasteiger partial charge in [-0.1, -0.05) is 17.2 Å². The van der Waals surface area contributed by atoms with Crippen LogP contribution >= 0.6 is 11.6 Å². The van der Waals surface area contributed by atoms with Gasteiger partial charge in [-0.3, -0.25) is 0 Å². The first kappa shape index (κ1) is 10.7. The maximum absolute atomic E-state index is 10.9. The summed E-state index contributed by atoms with van der Waals surface area (Å²) < 4.78 is 21.8. The fourth-order valence-electron chi connectivity index (χ4n) is 1.64. The zero-order valence-electron chi connectivity index (χ0n) is 7.29. The average molecular weight is 223 g/mol. The van der Waals surface area contributed by atoms with Crippen molar-refractivity contribution in [2.45, 2.75) is 13.3 Å². The van der Waals surface area contributed by atoms with Crippen LogP contribution in [0.3, 0.4) is 0 Å². The van der Waals surface area contributed by atoms with Crippen molar-refractivity contribution in [2.24, 2.45) is 5.41 Å². The van der Waals surface area contributed by atoms with E-state index in [-0.39, 0.29) is 11.5 Å². The summed E-state index contributed by atoms with van der Waals surface area (Å²) in [6, 6.07) is 0. The first-order chi connectivity index (χ1) is 5.93. The van der Waals surface area contributed by atoms with Gasteiger partial charge in [0, 0.05) is 5.54 Å². The lowest BCUT2D eigenvalue weighted by atomic mass is 9.87. The molecule has 0 spiro atoms. The van der Waals surface area contributed by atoms with Crippen LogP contribution in [-0.4, -0.2) is 26.2 Å². The van der Waals surface area contributed by atoms with Crippen molar-refractivity contribution in [3.8, 4) is 0 Å². The van der Waals surface area contributed by atoms with E-state index >= 15 is 0 Å². The van der Waals surface area contributed by atoms with Gasteiger partial charge in [-0.2, -0.15) is 0 Å². The third kappa shape index (κ3) is 2.31. The van der Waals surface area contributed by atoms with Crippen molar-refractivity contribution in [3.05, 3.63) is 11.1 Å². The van der Waals surface area contributed by atoms with Crippen LogP contribution in [0.1, 0.15) is 13.3 Å². The molecule has 1 rings (SSSR count). The minimum atomic E-state index is -2.96. The van der Waals surface area contributed by atoms with Gasteiger partial charge in [0.2, 0.25) is 0 Å². The van der Waals surface area contributed by atoms with Gasteiger partial charge in [0.05, 0.1) is 16.9 Å². The van der Waals surface area contributed by atoms with Gasteiger partial charge >= 0.3 is 0 Å². The molecule has 0 radical (unpaired) electrons. The molecular weight excluding hydrogens is 212 g/mol. The van der Waals surface area contributed by atoms with E-state index in [0.29, 0.717) is 6.42 Å². The SMILES string of the molecule is C/C(=C\Cl)CC1(C=O)CS(=O)(=O)C1. The van der Waals surface area contributed by atoms with Crippen LogP contribution in [0.5, 0.6) is 0 Å². The van der Waals surface area contributed by atoms with Gasteiger partial charge < -0.3 is 4.79 Å². The first-order valence-corrected chi connectivity index (χ1v) is 6.11. The Balaban J connectivity index is 2.72. The van der Waals surface area contributed by atoms with Gasteiger partial charge in [0.1, 0.15) is 6.29 Å². The van der Waals surface area contributed by atoms with E-state index in [1.807, 2.05) is 0 Å². The van der Waals surface area contributed by atoms with Crippen molar-refractivity contribution < 1.29 is 13.2 Å². The molecule has 1 heterocycles. The molecule has 0 amide bonds. The Morgan fingerprint density at radius 3 is 2.38 bits per heavy atom. The first-order valence-electron chi connectivity index (χ1n) is 3.86. The molecule has 13 heavy (non-hydrogen) atoms. The molecule has 0 unspecified atom stereocenters. The molecule has 0 saturated carbocycles. The van der Waals surface area contributed by atoms with Crippen molar-refractivity contribution in [1.29, 1.82) is 0 Å². The molecular formula is C8H11ClO3S. The van der Waals surface area contributed by atoms with Crippen LogP contribution in [0.2, 0.25) is 0 Å². The lowest BCUT2D eigenvalue weighted by molar-refractivity contribution is -0.114. The van der Waals surface area contributed by atoms with Gasteiger partial charge in [0.15, 0.2) is 9.84 Å². The number of hydrogen-bond donors (Lipinski definition) is 0. The third-order valence-electron chi connectivity index (χ3n) is 2.08. The topological polar surface area (TPSA) is 51.2 Å². The molecule has 1 fully saturated rings. The second kappa shape index (κ2) is 3.42. The zero-order chi connectivity index (χ0) is 10.1. The molecule has 0 aromatic rings. The standard InChI is InChI=1S/C8H11ClO3S/c1-7(3-9)2-8(4-10)5-13(11,12)6-8/h3-4H,2,5-6H2,1H3/b7-3+. The van der Waals surface area contributed by atoms with Gasteiger partial charge in [-0.05, 0) is 13.3 Å². The van der Waals surface area contributed by atoms with E-state index in [1.165, 1.54) is 5.54 Å². The summed E-state index contributed by atoms with van der Waals surface area (Å²) in [4.78, 5) is 10.7. The molecule has 0 aromatic heterocycles. The van der Waals surface area contributed by atoms with Crippen LogP contribution in [0.4, 0.5) is 0 Å². The molecule has 1 saturated heterocycles. The van der Waals surface area contributed by atoms with E-state index in [1.54, 1.807) is 6.92 Å². The highest BCUT2D eigenvalue weighted by Gasteiger charge is 2.48. The molecule has 3 nitrogen and oxygen atoms in total. The summed E-state index contributed by atoms with van der Waals surface area (Å²) in [5.74, 6) is -0.0723. The summed E-state index contributed by atoms with van der Waals surface area (Å²) in [5.41, 5.74) is 1.52. The van der Waals surface area contributed by atoms with Gasteiger partial charge in [-0.15, -0.1) is 0 Å². The Morgan fingerprint density at radius 1 is 1.54 bits per heavy atom. The maximum atomic E-state index is 10.9. The molecule has 0 aromatic carbocycles. The molecule has 1 aliphatic rings. The molecule has 1 aliphatic heterocycles. The Morgan fingerprint density at radius 2 is 2.08 bits per heavy atom. The Kier molecular flexibility index (Phi) is 2.82. The average Bonchev–Trinajstić information content (AvgIpc) is 2.00. The summed E-state index contributed by atoms with van der Waals surface area (Å²) >= 11 is 5.44. The number of sulfone groups is 1. The Hall–Kier alpha value is -0.350. The van der Waals surface area contributed by atoms with Crippen molar-refractivity contribution in [2.75, 3.05) is 11.5 Å². The molecule has 0 aliphatic carbocycles. The minimum absolute atomic E-state index is 0.0361. The fraction of sp³-hybridized carbons (Fsp3) is 0.625. The summed E-state index contributed by atoms with van der Waals surface area (Å²) in [7, 11) is -2.96. The van der Waals surface area contributed by atoms with E-state index < -0.39 is 15.3 Å². The number of carbonyl (C=O) groups is 1. The second-order valence-electron chi connectivity index (χ2n) is 3.64. The highest BCUT2D eigenvalue weighted by molar-refractivity contribution is 7.93. The van der Waals surface area contributed by atoms with Crippen LogP contribution in [0.25, 0.3) is 0 Å². The van der Waals surface area contributed by atoms with E-state index in [9.17, 15) is 13.2 Å². The number of carbonyl (C=O) groups excluding carboxylic acids is 1. The quantitative estimate of drug-likeness (QED) is 0.673. The predicted octanol–water partition coefficient (Wildman–Crippen LogP) is 1.13. The Labute approximate surface area is 82.7 Å². The molecule has 0 bridgehead atoms. The number of rotatable bonds is 3. The highest BCUT2D eigenvalue weighted by atomic mass is 35.5. The monoisotopic (exact) mass is 222 g/mol. The third-order valence-corrected chi connectivity index (χ3v) is 4.48. The van der Waals surface area contributed by atoms with Crippen molar-refractivity contribution >= 4 is 27.7 Å². The maximum Gasteiger partial charge on any atom is 0.152 e. The van der Waals surface area contributed by atoms with Crippen LogP contribution in [0.15, 0.2) is 11.1 Å². The van der Waals surface area contributed by atoms with E-state index in [0.717, 1.165) is 11.9 Å². The molecule has 74 valence electrons. The van der Waals surface area contributed by atoms with Crippen molar-refractivity contribution in [3.63, 3.8) is 0 Å². The smallest absolute Gasteiger partial charge is 0.152 e. The lowest BCUT2D eigenvalue weighted by Gasteiger charge is -2.36. The molecule has 0 atom stereocenters. The normalized spacial score (nSPS) is 24.9. The van der Waals surface area contributed by atoms with Crippen LogP contribution in [0, 0.1) is 5.41 Å². The summed E-state index contributed by atoms with van der Waals surface area (Å²) in [6.45, 7) is 1.78. The predicted molar refractivity (Wildman–Crippen MR) is 51.4 cm³/mol.